The van der Waals surface area contributed by atoms with Crippen molar-refractivity contribution in [2.75, 3.05) is 12.3 Å². The second-order valence-corrected chi connectivity index (χ2v) is 5.87. The van der Waals surface area contributed by atoms with Crippen LogP contribution in [-0.2, 0) is 6.42 Å². The molecule has 2 atom stereocenters. The molecular formula is C17H28N2. The van der Waals surface area contributed by atoms with Gasteiger partial charge in [-0.05, 0) is 55.0 Å². The summed E-state index contributed by atoms with van der Waals surface area (Å²) in [6.07, 6.45) is 7.71. The van der Waals surface area contributed by atoms with Gasteiger partial charge in [0.05, 0.1) is 0 Å². The standard InChI is InChI=1S/C17H28N2/c1-3-5-6-13(4-2)12-19-17-10-7-14-11-15(18)8-9-16(14)17/h8-9,11,13,17,19H,3-7,10,12,18H2,1-2H3. The minimum absolute atomic E-state index is 0.547. The van der Waals surface area contributed by atoms with Gasteiger partial charge in [0, 0.05) is 11.7 Å². The van der Waals surface area contributed by atoms with Crippen LogP contribution in [0.25, 0.3) is 0 Å². The van der Waals surface area contributed by atoms with Gasteiger partial charge in [0.1, 0.15) is 0 Å². The van der Waals surface area contributed by atoms with Gasteiger partial charge in [0.25, 0.3) is 0 Å². The summed E-state index contributed by atoms with van der Waals surface area (Å²) < 4.78 is 0. The minimum Gasteiger partial charge on any atom is -0.399 e. The van der Waals surface area contributed by atoms with E-state index in [0.717, 1.165) is 18.2 Å². The first-order chi connectivity index (χ1) is 9.24. The molecule has 0 saturated heterocycles. The van der Waals surface area contributed by atoms with Crippen LogP contribution >= 0.6 is 0 Å². The van der Waals surface area contributed by atoms with E-state index in [1.165, 1.54) is 49.7 Å². The van der Waals surface area contributed by atoms with E-state index < -0.39 is 0 Å². The lowest BCUT2D eigenvalue weighted by Crippen LogP contribution is -2.26. The molecule has 1 aromatic rings. The Morgan fingerprint density at radius 3 is 2.95 bits per heavy atom. The van der Waals surface area contributed by atoms with E-state index in [2.05, 4.69) is 31.3 Å². The SMILES string of the molecule is CCCCC(CC)CNC1CCc2cc(N)ccc21. The number of aryl methyl sites for hydroxylation is 1. The number of nitrogens with two attached hydrogens (primary N) is 1. The lowest BCUT2D eigenvalue weighted by molar-refractivity contribution is 0.389. The van der Waals surface area contributed by atoms with Crippen LogP contribution in [0.2, 0.25) is 0 Å². The van der Waals surface area contributed by atoms with E-state index in [4.69, 9.17) is 5.73 Å². The van der Waals surface area contributed by atoms with Crippen LogP contribution in [0.5, 0.6) is 0 Å². The summed E-state index contributed by atoms with van der Waals surface area (Å²) in [5, 5.41) is 3.78. The number of unbranched alkanes of at least 4 members (excludes halogenated alkanes) is 1. The number of benzene rings is 1. The minimum atomic E-state index is 0.547. The third kappa shape index (κ3) is 3.73. The van der Waals surface area contributed by atoms with Gasteiger partial charge < -0.3 is 11.1 Å². The fraction of sp³-hybridized carbons (Fsp3) is 0.647. The van der Waals surface area contributed by atoms with E-state index in [9.17, 15) is 0 Å². The third-order valence-electron chi connectivity index (χ3n) is 4.44. The molecule has 106 valence electrons. The molecule has 0 heterocycles. The van der Waals surface area contributed by atoms with Gasteiger partial charge in [-0.15, -0.1) is 0 Å². The zero-order valence-electron chi connectivity index (χ0n) is 12.4. The number of hydrogen-bond donors (Lipinski definition) is 2. The van der Waals surface area contributed by atoms with Crippen LogP contribution in [0.4, 0.5) is 5.69 Å². The normalized spacial score (nSPS) is 19.4. The van der Waals surface area contributed by atoms with Crippen LogP contribution < -0.4 is 11.1 Å². The van der Waals surface area contributed by atoms with E-state index in [1.54, 1.807) is 0 Å². The second-order valence-electron chi connectivity index (χ2n) is 5.87. The molecule has 0 fully saturated rings. The average Bonchev–Trinajstić information content (AvgIpc) is 2.81. The second kappa shape index (κ2) is 6.95. The first-order valence-electron chi connectivity index (χ1n) is 7.86. The lowest BCUT2D eigenvalue weighted by atomic mass is 9.98. The molecule has 0 saturated carbocycles. The van der Waals surface area contributed by atoms with Crippen molar-refractivity contribution >= 4 is 5.69 Å². The number of nitrogens with one attached hydrogen (secondary N) is 1. The summed E-state index contributed by atoms with van der Waals surface area (Å²) >= 11 is 0. The molecule has 0 aromatic heterocycles. The fourth-order valence-corrected chi connectivity index (χ4v) is 3.10. The van der Waals surface area contributed by atoms with E-state index in [-0.39, 0.29) is 0 Å². The van der Waals surface area contributed by atoms with Gasteiger partial charge in [-0.1, -0.05) is 39.2 Å². The molecule has 0 spiro atoms. The summed E-state index contributed by atoms with van der Waals surface area (Å²) in [5.74, 6) is 0.831. The zero-order valence-corrected chi connectivity index (χ0v) is 12.4. The maximum Gasteiger partial charge on any atom is 0.0326 e. The van der Waals surface area contributed by atoms with Gasteiger partial charge >= 0.3 is 0 Å². The molecule has 1 aromatic carbocycles. The highest BCUT2D eigenvalue weighted by Gasteiger charge is 2.22. The molecule has 0 amide bonds. The fourth-order valence-electron chi connectivity index (χ4n) is 3.10. The summed E-state index contributed by atoms with van der Waals surface area (Å²) in [6, 6.07) is 6.94. The van der Waals surface area contributed by atoms with Crippen molar-refractivity contribution in [2.45, 2.75) is 58.4 Å². The van der Waals surface area contributed by atoms with Gasteiger partial charge in [-0.3, -0.25) is 0 Å². The molecule has 1 aliphatic rings. The van der Waals surface area contributed by atoms with Crippen molar-refractivity contribution in [3.05, 3.63) is 29.3 Å². The Hall–Kier alpha value is -1.02. The van der Waals surface area contributed by atoms with Crippen molar-refractivity contribution in [1.82, 2.24) is 5.32 Å². The van der Waals surface area contributed by atoms with E-state index >= 15 is 0 Å². The number of rotatable bonds is 7. The first kappa shape index (κ1) is 14.4. The Kier molecular flexibility index (Phi) is 5.26. The third-order valence-corrected chi connectivity index (χ3v) is 4.44. The smallest absolute Gasteiger partial charge is 0.0326 e. The molecule has 19 heavy (non-hydrogen) atoms. The van der Waals surface area contributed by atoms with Gasteiger partial charge in [0.15, 0.2) is 0 Å². The number of hydrogen-bond acceptors (Lipinski definition) is 2. The molecule has 2 rings (SSSR count). The van der Waals surface area contributed by atoms with E-state index in [1.807, 2.05) is 6.07 Å². The van der Waals surface area contributed by atoms with Crippen LogP contribution in [0.1, 0.15) is 63.1 Å². The van der Waals surface area contributed by atoms with Crippen LogP contribution in [0, 0.1) is 5.92 Å². The monoisotopic (exact) mass is 260 g/mol. The van der Waals surface area contributed by atoms with Gasteiger partial charge in [-0.2, -0.15) is 0 Å². The molecule has 2 unspecified atom stereocenters. The summed E-state index contributed by atoms with van der Waals surface area (Å²) in [4.78, 5) is 0. The highest BCUT2D eigenvalue weighted by atomic mass is 14.9. The van der Waals surface area contributed by atoms with Crippen molar-refractivity contribution in [2.24, 2.45) is 5.92 Å². The van der Waals surface area contributed by atoms with Crippen molar-refractivity contribution in [3.8, 4) is 0 Å². The van der Waals surface area contributed by atoms with Crippen LogP contribution in [0.15, 0.2) is 18.2 Å². The van der Waals surface area contributed by atoms with Crippen molar-refractivity contribution in [1.29, 1.82) is 0 Å². The van der Waals surface area contributed by atoms with Gasteiger partial charge in [0.2, 0.25) is 0 Å². The molecule has 1 aliphatic carbocycles. The molecule has 0 bridgehead atoms. The Labute approximate surface area is 117 Å². The van der Waals surface area contributed by atoms with Crippen molar-refractivity contribution in [3.63, 3.8) is 0 Å². The summed E-state index contributed by atoms with van der Waals surface area (Å²) in [6.45, 7) is 5.74. The number of nitrogen functional groups attached to an aromatic ring is 1. The Bertz CT molecular complexity index is 400. The molecular weight excluding hydrogens is 232 g/mol. The summed E-state index contributed by atoms with van der Waals surface area (Å²) in [7, 11) is 0. The highest BCUT2D eigenvalue weighted by molar-refractivity contribution is 5.47. The zero-order chi connectivity index (χ0) is 13.7. The maximum absolute atomic E-state index is 5.85. The molecule has 3 N–H and O–H groups in total. The Morgan fingerprint density at radius 2 is 2.21 bits per heavy atom. The van der Waals surface area contributed by atoms with Crippen LogP contribution in [0.3, 0.4) is 0 Å². The number of fused-ring (bicyclic) bond motifs is 1. The van der Waals surface area contributed by atoms with Gasteiger partial charge in [-0.25, -0.2) is 0 Å². The summed E-state index contributed by atoms with van der Waals surface area (Å²) in [5.41, 5.74) is 9.67. The van der Waals surface area contributed by atoms with Crippen LogP contribution in [-0.4, -0.2) is 6.54 Å². The van der Waals surface area contributed by atoms with Crippen molar-refractivity contribution < 1.29 is 0 Å². The molecule has 0 radical (unpaired) electrons. The first-order valence-corrected chi connectivity index (χ1v) is 7.86. The largest absolute Gasteiger partial charge is 0.399 e. The predicted molar refractivity (Wildman–Crippen MR) is 83.2 cm³/mol. The maximum atomic E-state index is 5.85. The molecule has 2 nitrogen and oxygen atoms in total. The molecule has 0 aliphatic heterocycles. The Morgan fingerprint density at radius 1 is 1.37 bits per heavy atom. The molecule has 2 heteroatoms. The predicted octanol–water partition coefficient (Wildman–Crippen LogP) is 4.06. The Balaban J connectivity index is 1.88. The quantitative estimate of drug-likeness (QED) is 0.725. The number of anilines is 1. The average molecular weight is 260 g/mol. The van der Waals surface area contributed by atoms with E-state index in [0.29, 0.717) is 6.04 Å². The topological polar surface area (TPSA) is 38.0 Å². The highest BCUT2D eigenvalue weighted by Crippen LogP contribution is 2.32. The lowest BCUT2D eigenvalue weighted by Gasteiger charge is -2.20.